The van der Waals surface area contributed by atoms with Gasteiger partial charge in [-0.3, -0.25) is 0 Å². The van der Waals surface area contributed by atoms with Crippen LogP contribution in [0.5, 0.6) is 0 Å². The van der Waals surface area contributed by atoms with Gasteiger partial charge in [-0.15, -0.1) is 0 Å². The average Bonchev–Trinajstić information content (AvgIpc) is 2.28. The fourth-order valence-electron chi connectivity index (χ4n) is 1.79. The normalized spacial score (nSPS) is 22.6. The first-order valence-electron chi connectivity index (χ1n) is 6.08. The lowest BCUT2D eigenvalue weighted by molar-refractivity contribution is 0.0276. The maximum absolute atomic E-state index is 11.9. The summed E-state index contributed by atoms with van der Waals surface area (Å²) in [7, 11) is -1.61. The fourth-order valence-corrected chi connectivity index (χ4v) is 3.38. The van der Waals surface area contributed by atoms with Crippen molar-refractivity contribution in [2.75, 3.05) is 32.5 Å². The Morgan fingerprint density at radius 1 is 1.47 bits per heavy atom. The summed E-state index contributed by atoms with van der Waals surface area (Å²) in [5.41, 5.74) is -0.460. The molecule has 0 radical (unpaired) electrons. The van der Waals surface area contributed by atoms with Crippen molar-refractivity contribution in [1.29, 1.82) is 0 Å². The lowest BCUT2D eigenvalue weighted by Crippen LogP contribution is -2.43. The number of methoxy groups -OCH3 is 1. The molecule has 2 N–H and O–H groups in total. The number of ether oxygens (including phenoxy) is 1. The summed E-state index contributed by atoms with van der Waals surface area (Å²) in [6.45, 7) is 5.83. The van der Waals surface area contributed by atoms with Crippen LogP contribution in [0.2, 0.25) is 0 Å². The van der Waals surface area contributed by atoms with Crippen LogP contribution in [0.4, 0.5) is 0 Å². The molecule has 1 heterocycles. The van der Waals surface area contributed by atoms with E-state index < -0.39 is 15.6 Å². The zero-order valence-electron chi connectivity index (χ0n) is 11.0. The molecule has 0 aromatic rings. The molecule has 1 atom stereocenters. The van der Waals surface area contributed by atoms with Gasteiger partial charge < -0.3 is 10.1 Å². The molecular formula is C11H24N2O3S. The lowest BCUT2D eigenvalue weighted by atomic mass is 10.0. The molecule has 5 nitrogen and oxygen atoms in total. The predicted molar refractivity (Wildman–Crippen MR) is 68.5 cm³/mol. The third-order valence-electron chi connectivity index (χ3n) is 3.12. The number of sulfonamides is 1. The van der Waals surface area contributed by atoms with Gasteiger partial charge in [0.25, 0.3) is 0 Å². The number of rotatable bonds is 6. The number of piperidine rings is 1. The highest BCUT2D eigenvalue weighted by Crippen LogP contribution is 2.12. The fraction of sp³-hybridized carbons (Fsp3) is 1.00. The molecule has 0 saturated carbocycles. The second-order valence-corrected chi connectivity index (χ2v) is 7.13. The molecule has 0 aromatic carbocycles. The molecular weight excluding hydrogens is 240 g/mol. The van der Waals surface area contributed by atoms with Gasteiger partial charge in [-0.05, 0) is 45.7 Å². The van der Waals surface area contributed by atoms with E-state index in [1.165, 1.54) is 0 Å². The van der Waals surface area contributed by atoms with Gasteiger partial charge in [0.2, 0.25) is 10.0 Å². The highest BCUT2D eigenvalue weighted by molar-refractivity contribution is 7.89. The zero-order valence-corrected chi connectivity index (χ0v) is 11.8. The molecule has 6 heteroatoms. The van der Waals surface area contributed by atoms with E-state index in [0.717, 1.165) is 25.9 Å². The summed E-state index contributed by atoms with van der Waals surface area (Å²) < 4.78 is 31.5. The van der Waals surface area contributed by atoms with Gasteiger partial charge in [0, 0.05) is 13.7 Å². The molecule has 1 aliphatic heterocycles. The highest BCUT2D eigenvalue weighted by atomic mass is 32.2. The van der Waals surface area contributed by atoms with Crippen LogP contribution < -0.4 is 10.0 Å². The van der Waals surface area contributed by atoms with E-state index in [1.54, 1.807) is 7.11 Å². The first-order valence-corrected chi connectivity index (χ1v) is 7.73. The molecule has 0 aromatic heterocycles. The summed E-state index contributed by atoms with van der Waals surface area (Å²) in [5.74, 6) is 0.437. The minimum absolute atomic E-state index is 0.208. The SMILES string of the molecule is COC(C)(C)CNS(=O)(=O)CC1CCCNC1. The van der Waals surface area contributed by atoms with Crippen LogP contribution in [-0.2, 0) is 14.8 Å². The summed E-state index contributed by atoms with van der Waals surface area (Å²) in [6.07, 6.45) is 2.05. The van der Waals surface area contributed by atoms with E-state index in [4.69, 9.17) is 4.74 Å². The predicted octanol–water partition coefficient (Wildman–Crippen LogP) is 0.330. The Kier molecular flexibility index (Phi) is 5.37. The molecule has 0 spiro atoms. The van der Waals surface area contributed by atoms with Crippen LogP contribution in [0.1, 0.15) is 26.7 Å². The third kappa shape index (κ3) is 5.81. The van der Waals surface area contributed by atoms with E-state index >= 15 is 0 Å². The van der Waals surface area contributed by atoms with Crippen LogP contribution in [-0.4, -0.2) is 46.5 Å². The monoisotopic (exact) mass is 264 g/mol. The molecule has 0 aliphatic carbocycles. The number of hydrogen-bond acceptors (Lipinski definition) is 4. The van der Waals surface area contributed by atoms with Gasteiger partial charge in [-0.1, -0.05) is 0 Å². The van der Waals surface area contributed by atoms with E-state index in [0.29, 0.717) is 6.54 Å². The Balaban J connectivity index is 2.40. The molecule has 102 valence electrons. The molecule has 1 saturated heterocycles. The van der Waals surface area contributed by atoms with Crippen molar-refractivity contribution < 1.29 is 13.2 Å². The van der Waals surface area contributed by atoms with Crippen LogP contribution >= 0.6 is 0 Å². The van der Waals surface area contributed by atoms with Crippen molar-refractivity contribution in [3.63, 3.8) is 0 Å². The van der Waals surface area contributed by atoms with E-state index in [9.17, 15) is 8.42 Å². The first kappa shape index (κ1) is 14.9. The first-order chi connectivity index (χ1) is 7.85. The molecule has 1 aliphatic rings. The summed E-state index contributed by atoms with van der Waals surface area (Å²) in [5, 5.41) is 3.22. The summed E-state index contributed by atoms with van der Waals surface area (Å²) in [6, 6.07) is 0. The van der Waals surface area contributed by atoms with Crippen molar-refractivity contribution >= 4 is 10.0 Å². The van der Waals surface area contributed by atoms with E-state index in [1.807, 2.05) is 13.8 Å². The van der Waals surface area contributed by atoms with E-state index in [2.05, 4.69) is 10.0 Å². The van der Waals surface area contributed by atoms with Gasteiger partial charge in [-0.25, -0.2) is 13.1 Å². The van der Waals surface area contributed by atoms with Gasteiger partial charge in [0.1, 0.15) is 0 Å². The smallest absolute Gasteiger partial charge is 0.212 e. The molecule has 17 heavy (non-hydrogen) atoms. The molecule has 0 bridgehead atoms. The van der Waals surface area contributed by atoms with E-state index in [-0.39, 0.29) is 11.7 Å². The zero-order chi connectivity index (χ0) is 12.9. The largest absolute Gasteiger partial charge is 0.377 e. The molecule has 1 rings (SSSR count). The van der Waals surface area contributed by atoms with Crippen LogP contribution in [0.25, 0.3) is 0 Å². The quantitative estimate of drug-likeness (QED) is 0.725. The Hall–Kier alpha value is -0.170. The third-order valence-corrected chi connectivity index (χ3v) is 4.62. The molecule has 0 amide bonds. The highest BCUT2D eigenvalue weighted by Gasteiger charge is 2.24. The Bertz CT molecular complexity index is 322. The Labute approximate surface area is 104 Å². The van der Waals surface area contributed by atoms with Crippen molar-refractivity contribution in [2.24, 2.45) is 5.92 Å². The number of hydrogen-bond donors (Lipinski definition) is 2. The van der Waals surface area contributed by atoms with Crippen molar-refractivity contribution in [1.82, 2.24) is 10.0 Å². The molecule has 1 unspecified atom stereocenters. The average molecular weight is 264 g/mol. The van der Waals surface area contributed by atoms with Gasteiger partial charge in [0.15, 0.2) is 0 Å². The number of nitrogens with one attached hydrogen (secondary N) is 2. The maximum Gasteiger partial charge on any atom is 0.212 e. The minimum atomic E-state index is -3.19. The second kappa shape index (κ2) is 6.13. The topological polar surface area (TPSA) is 67.4 Å². The Morgan fingerprint density at radius 3 is 2.71 bits per heavy atom. The maximum atomic E-state index is 11.9. The van der Waals surface area contributed by atoms with Crippen LogP contribution in [0.3, 0.4) is 0 Å². The van der Waals surface area contributed by atoms with Gasteiger partial charge >= 0.3 is 0 Å². The van der Waals surface area contributed by atoms with Crippen LogP contribution in [0.15, 0.2) is 0 Å². The standard InChI is InChI=1S/C11H24N2O3S/c1-11(2,16-3)9-13-17(14,15)8-10-5-4-6-12-7-10/h10,12-13H,4-9H2,1-3H3. The minimum Gasteiger partial charge on any atom is -0.377 e. The second-order valence-electron chi connectivity index (χ2n) is 5.28. The molecule has 1 fully saturated rings. The Morgan fingerprint density at radius 2 is 2.18 bits per heavy atom. The van der Waals surface area contributed by atoms with Crippen LogP contribution in [0, 0.1) is 5.92 Å². The van der Waals surface area contributed by atoms with Crippen molar-refractivity contribution in [2.45, 2.75) is 32.3 Å². The van der Waals surface area contributed by atoms with Crippen molar-refractivity contribution in [3.8, 4) is 0 Å². The summed E-state index contributed by atoms with van der Waals surface area (Å²) in [4.78, 5) is 0. The van der Waals surface area contributed by atoms with Crippen molar-refractivity contribution in [3.05, 3.63) is 0 Å². The van der Waals surface area contributed by atoms with Gasteiger partial charge in [-0.2, -0.15) is 0 Å². The lowest BCUT2D eigenvalue weighted by Gasteiger charge is -2.25. The van der Waals surface area contributed by atoms with Gasteiger partial charge in [0.05, 0.1) is 11.4 Å². The summed E-state index contributed by atoms with van der Waals surface area (Å²) >= 11 is 0.